The fraction of sp³-hybridized carbons (Fsp3) is 0.538. The van der Waals surface area contributed by atoms with E-state index in [1.807, 2.05) is 0 Å². The highest BCUT2D eigenvalue weighted by atomic mass is 19.1. The molecule has 1 N–H and O–H groups in total. The van der Waals surface area contributed by atoms with E-state index in [0.717, 1.165) is 31.5 Å². The molecule has 0 aliphatic carbocycles. The van der Waals surface area contributed by atoms with Gasteiger partial charge in [-0.15, -0.1) is 0 Å². The lowest BCUT2D eigenvalue weighted by molar-refractivity contribution is 0.172. The monoisotopic (exact) mass is 253 g/mol. The molecule has 5 heteroatoms. The molecule has 1 aromatic rings. The first-order chi connectivity index (χ1) is 8.81. The molecule has 0 atom stereocenters. The Morgan fingerprint density at radius 3 is 2.83 bits per heavy atom. The summed E-state index contributed by atoms with van der Waals surface area (Å²) in [5.41, 5.74) is 0.825. The Morgan fingerprint density at radius 2 is 2.11 bits per heavy atom. The summed E-state index contributed by atoms with van der Waals surface area (Å²) in [5, 5.41) is 3.30. The molecular weight excluding hydrogens is 237 g/mol. The highest BCUT2D eigenvalue weighted by Gasteiger charge is 2.31. The van der Waals surface area contributed by atoms with Gasteiger partial charge in [0, 0.05) is 11.6 Å². The van der Waals surface area contributed by atoms with Gasteiger partial charge in [-0.2, -0.15) is 0 Å². The molecule has 0 spiro atoms. The molecule has 98 valence electrons. The molecule has 2 aliphatic rings. The van der Waals surface area contributed by atoms with Gasteiger partial charge in [0.25, 0.3) is 0 Å². The maximum absolute atomic E-state index is 14.0. The molecule has 18 heavy (non-hydrogen) atoms. The normalized spacial score (nSPS) is 19.0. The lowest BCUT2D eigenvalue weighted by atomic mass is 9.88. The molecule has 0 aromatic heterocycles. The fourth-order valence-corrected chi connectivity index (χ4v) is 2.71. The first-order valence-electron chi connectivity index (χ1n) is 6.18. The zero-order valence-corrected chi connectivity index (χ0v) is 10.3. The summed E-state index contributed by atoms with van der Waals surface area (Å²) < 4.78 is 30.0. The van der Waals surface area contributed by atoms with Crippen molar-refractivity contribution in [1.29, 1.82) is 0 Å². The van der Waals surface area contributed by atoms with E-state index in [0.29, 0.717) is 17.2 Å². The van der Waals surface area contributed by atoms with Crippen LogP contribution in [0.4, 0.5) is 4.39 Å². The maximum Gasteiger partial charge on any atom is 0.231 e. The second-order valence-electron chi connectivity index (χ2n) is 4.56. The summed E-state index contributed by atoms with van der Waals surface area (Å²) in [4.78, 5) is 0. The van der Waals surface area contributed by atoms with Gasteiger partial charge in [-0.05, 0) is 31.8 Å². The van der Waals surface area contributed by atoms with Crippen LogP contribution in [0.1, 0.15) is 24.3 Å². The Morgan fingerprint density at radius 1 is 1.33 bits per heavy atom. The highest BCUT2D eigenvalue weighted by molar-refractivity contribution is 5.57. The zero-order valence-electron chi connectivity index (χ0n) is 10.3. The standard InChI is InChI=1S/C13H16FNO3/c1-16-12-9(14)6-10-13(18-7-17-10)11(12)8-2-4-15-5-3-8/h6,8,15H,2-5,7H2,1H3. The van der Waals surface area contributed by atoms with Crippen molar-refractivity contribution in [3.8, 4) is 17.2 Å². The minimum Gasteiger partial charge on any atom is -0.493 e. The van der Waals surface area contributed by atoms with Crippen molar-refractivity contribution in [2.75, 3.05) is 27.0 Å². The van der Waals surface area contributed by atoms with Crippen molar-refractivity contribution < 1.29 is 18.6 Å². The molecular formula is C13H16FNO3. The Hall–Kier alpha value is -1.49. The van der Waals surface area contributed by atoms with Crippen LogP contribution in [0.25, 0.3) is 0 Å². The number of ether oxygens (including phenoxy) is 3. The molecule has 0 unspecified atom stereocenters. The lowest BCUT2D eigenvalue weighted by Gasteiger charge is -2.25. The second kappa shape index (κ2) is 4.65. The summed E-state index contributed by atoms with van der Waals surface area (Å²) in [6.45, 7) is 2.01. The summed E-state index contributed by atoms with van der Waals surface area (Å²) in [6, 6.07) is 1.34. The van der Waals surface area contributed by atoms with E-state index in [1.165, 1.54) is 13.2 Å². The summed E-state index contributed by atoms with van der Waals surface area (Å²) in [7, 11) is 1.49. The van der Waals surface area contributed by atoms with E-state index >= 15 is 0 Å². The Kier molecular flexibility index (Phi) is 2.99. The predicted molar refractivity (Wildman–Crippen MR) is 63.9 cm³/mol. The van der Waals surface area contributed by atoms with Crippen LogP contribution >= 0.6 is 0 Å². The van der Waals surface area contributed by atoms with Crippen LogP contribution < -0.4 is 19.5 Å². The van der Waals surface area contributed by atoms with Crippen LogP contribution in [0.2, 0.25) is 0 Å². The van der Waals surface area contributed by atoms with Crippen molar-refractivity contribution in [2.24, 2.45) is 0 Å². The molecule has 1 saturated heterocycles. The molecule has 0 saturated carbocycles. The number of halogens is 1. The van der Waals surface area contributed by atoms with Gasteiger partial charge >= 0.3 is 0 Å². The summed E-state index contributed by atoms with van der Waals surface area (Å²) in [5.74, 6) is 1.32. The van der Waals surface area contributed by atoms with Gasteiger partial charge in [0.15, 0.2) is 23.1 Å². The number of piperidine rings is 1. The highest BCUT2D eigenvalue weighted by Crippen LogP contribution is 2.48. The van der Waals surface area contributed by atoms with Gasteiger partial charge in [-0.1, -0.05) is 0 Å². The maximum atomic E-state index is 14.0. The average molecular weight is 253 g/mol. The van der Waals surface area contributed by atoms with Crippen LogP contribution in [0.3, 0.4) is 0 Å². The summed E-state index contributed by atoms with van der Waals surface area (Å²) in [6.07, 6.45) is 1.91. The number of hydrogen-bond donors (Lipinski definition) is 1. The Labute approximate surface area is 105 Å². The minimum absolute atomic E-state index is 0.153. The quantitative estimate of drug-likeness (QED) is 0.875. The first kappa shape index (κ1) is 11.6. The van der Waals surface area contributed by atoms with Crippen molar-refractivity contribution in [2.45, 2.75) is 18.8 Å². The fourth-order valence-electron chi connectivity index (χ4n) is 2.71. The average Bonchev–Trinajstić information content (AvgIpc) is 2.85. The predicted octanol–water partition coefficient (Wildman–Crippen LogP) is 2.03. The van der Waals surface area contributed by atoms with E-state index in [2.05, 4.69) is 5.32 Å². The van der Waals surface area contributed by atoms with E-state index < -0.39 is 0 Å². The summed E-state index contributed by atoms with van der Waals surface area (Å²) >= 11 is 0. The van der Waals surface area contributed by atoms with Gasteiger partial charge in [0.1, 0.15) is 0 Å². The molecule has 2 aliphatic heterocycles. The number of benzene rings is 1. The molecule has 1 aromatic carbocycles. The minimum atomic E-state index is -0.379. The lowest BCUT2D eigenvalue weighted by Crippen LogP contribution is -2.27. The number of methoxy groups -OCH3 is 1. The second-order valence-corrected chi connectivity index (χ2v) is 4.56. The van der Waals surface area contributed by atoms with Crippen molar-refractivity contribution in [3.63, 3.8) is 0 Å². The third-order valence-corrected chi connectivity index (χ3v) is 3.56. The third-order valence-electron chi connectivity index (χ3n) is 3.56. The van der Waals surface area contributed by atoms with Gasteiger partial charge < -0.3 is 19.5 Å². The topological polar surface area (TPSA) is 39.7 Å². The van der Waals surface area contributed by atoms with Crippen LogP contribution in [0, 0.1) is 5.82 Å². The SMILES string of the molecule is COc1c(F)cc2c(c1C1CCNCC1)OCO2. The van der Waals surface area contributed by atoms with Crippen LogP contribution in [-0.2, 0) is 0 Å². The van der Waals surface area contributed by atoms with Crippen molar-refractivity contribution in [3.05, 3.63) is 17.4 Å². The third kappa shape index (κ3) is 1.79. The van der Waals surface area contributed by atoms with Crippen LogP contribution in [0.5, 0.6) is 17.2 Å². The van der Waals surface area contributed by atoms with Crippen LogP contribution in [0.15, 0.2) is 6.07 Å². The zero-order chi connectivity index (χ0) is 12.5. The van der Waals surface area contributed by atoms with Crippen molar-refractivity contribution in [1.82, 2.24) is 5.32 Å². The van der Waals surface area contributed by atoms with E-state index in [-0.39, 0.29) is 18.5 Å². The number of nitrogens with one attached hydrogen (secondary N) is 1. The largest absolute Gasteiger partial charge is 0.493 e. The van der Waals surface area contributed by atoms with Gasteiger partial charge in [-0.3, -0.25) is 0 Å². The number of fused-ring (bicyclic) bond motifs is 1. The smallest absolute Gasteiger partial charge is 0.231 e. The molecule has 3 rings (SSSR count). The van der Waals surface area contributed by atoms with Crippen LogP contribution in [-0.4, -0.2) is 27.0 Å². The van der Waals surface area contributed by atoms with Gasteiger partial charge in [0.05, 0.1) is 7.11 Å². The molecule has 2 heterocycles. The Bertz CT molecular complexity index is 454. The van der Waals surface area contributed by atoms with E-state index in [9.17, 15) is 4.39 Å². The van der Waals surface area contributed by atoms with Crippen molar-refractivity contribution >= 4 is 0 Å². The number of rotatable bonds is 2. The van der Waals surface area contributed by atoms with Gasteiger partial charge in [0.2, 0.25) is 6.79 Å². The molecule has 0 radical (unpaired) electrons. The first-order valence-corrected chi connectivity index (χ1v) is 6.18. The molecule has 0 amide bonds. The number of hydrogen-bond acceptors (Lipinski definition) is 4. The Balaban J connectivity index is 2.09. The molecule has 4 nitrogen and oxygen atoms in total. The van der Waals surface area contributed by atoms with E-state index in [1.54, 1.807) is 0 Å². The molecule has 0 bridgehead atoms. The van der Waals surface area contributed by atoms with Gasteiger partial charge in [-0.25, -0.2) is 4.39 Å². The molecule has 1 fully saturated rings. The van der Waals surface area contributed by atoms with E-state index in [4.69, 9.17) is 14.2 Å².